The van der Waals surface area contributed by atoms with Gasteiger partial charge in [0.2, 0.25) is 11.8 Å². The fourth-order valence-electron chi connectivity index (χ4n) is 5.76. The van der Waals surface area contributed by atoms with E-state index in [1.165, 1.54) is 12.8 Å². The van der Waals surface area contributed by atoms with Gasteiger partial charge in [0.05, 0.1) is 23.8 Å². The van der Waals surface area contributed by atoms with Gasteiger partial charge in [-0.1, -0.05) is 19.8 Å². The van der Waals surface area contributed by atoms with Crippen LogP contribution in [-0.4, -0.2) is 44.7 Å². The number of aromatic nitrogens is 2. The van der Waals surface area contributed by atoms with Gasteiger partial charge in [-0.05, 0) is 50.4 Å². The zero-order valence-electron chi connectivity index (χ0n) is 18.6. The molecule has 31 heavy (non-hydrogen) atoms. The van der Waals surface area contributed by atoms with Crippen LogP contribution >= 0.6 is 0 Å². The van der Waals surface area contributed by atoms with Gasteiger partial charge in [0.15, 0.2) is 0 Å². The first-order chi connectivity index (χ1) is 15.0. The van der Waals surface area contributed by atoms with Gasteiger partial charge in [0.25, 0.3) is 5.56 Å². The minimum Gasteiger partial charge on any atom is -0.338 e. The molecule has 3 heterocycles. The number of nitrogens with zero attached hydrogens (tertiary/aromatic N) is 3. The molecule has 2 aliphatic heterocycles. The quantitative estimate of drug-likeness (QED) is 0.802. The molecular weight excluding hydrogens is 392 g/mol. The Morgan fingerprint density at radius 1 is 1.10 bits per heavy atom. The van der Waals surface area contributed by atoms with Crippen LogP contribution in [0.1, 0.15) is 87.8 Å². The number of amides is 2. The molecule has 1 aromatic heterocycles. The van der Waals surface area contributed by atoms with Crippen molar-refractivity contribution in [2.75, 3.05) is 13.1 Å². The van der Waals surface area contributed by atoms with Crippen LogP contribution in [0, 0.1) is 17.8 Å². The number of carbonyl (C=O) groups is 2. The molecule has 5 rings (SSSR count). The Morgan fingerprint density at radius 2 is 1.84 bits per heavy atom. The summed E-state index contributed by atoms with van der Waals surface area (Å²) in [5, 5.41) is 0. The van der Waals surface area contributed by atoms with Crippen LogP contribution < -0.4 is 5.56 Å². The summed E-state index contributed by atoms with van der Waals surface area (Å²) in [7, 11) is 0. The lowest BCUT2D eigenvalue weighted by Crippen LogP contribution is -2.43. The summed E-state index contributed by atoms with van der Waals surface area (Å²) in [4.78, 5) is 50.3. The number of fused-ring (bicyclic) bond motifs is 1. The highest BCUT2D eigenvalue weighted by Gasteiger charge is 2.44. The Balaban J connectivity index is 1.32. The predicted molar refractivity (Wildman–Crippen MR) is 116 cm³/mol. The lowest BCUT2D eigenvalue weighted by molar-refractivity contribution is -0.137. The average Bonchev–Trinajstić information content (AvgIpc) is 3.28. The van der Waals surface area contributed by atoms with Crippen molar-refractivity contribution in [2.24, 2.45) is 17.8 Å². The van der Waals surface area contributed by atoms with Crippen molar-refractivity contribution in [1.82, 2.24) is 19.8 Å². The Morgan fingerprint density at radius 3 is 2.58 bits per heavy atom. The Bertz CT molecular complexity index is 920. The second-order valence-corrected chi connectivity index (χ2v) is 10.2. The summed E-state index contributed by atoms with van der Waals surface area (Å²) in [5.74, 6) is 2.15. The van der Waals surface area contributed by atoms with E-state index < -0.39 is 0 Å². The van der Waals surface area contributed by atoms with Crippen LogP contribution in [0.3, 0.4) is 0 Å². The molecule has 0 spiro atoms. The van der Waals surface area contributed by atoms with Crippen LogP contribution in [0.5, 0.6) is 0 Å². The van der Waals surface area contributed by atoms with Crippen molar-refractivity contribution in [3.63, 3.8) is 0 Å². The predicted octanol–water partition coefficient (Wildman–Crippen LogP) is 2.94. The number of likely N-dealkylation sites (tertiary alicyclic amines) is 1. The molecule has 1 saturated heterocycles. The van der Waals surface area contributed by atoms with Crippen LogP contribution in [0.4, 0.5) is 0 Å². The summed E-state index contributed by atoms with van der Waals surface area (Å²) >= 11 is 0. The van der Waals surface area contributed by atoms with Crippen LogP contribution in [0.15, 0.2) is 4.79 Å². The first kappa shape index (κ1) is 20.7. The Labute approximate surface area is 183 Å². The van der Waals surface area contributed by atoms with Crippen molar-refractivity contribution in [3.05, 3.63) is 27.4 Å². The van der Waals surface area contributed by atoms with E-state index in [-0.39, 0.29) is 29.3 Å². The minimum absolute atomic E-state index is 0.130. The molecule has 0 radical (unpaired) electrons. The molecule has 2 aliphatic carbocycles. The third-order valence-corrected chi connectivity index (χ3v) is 7.91. The summed E-state index contributed by atoms with van der Waals surface area (Å²) in [5.41, 5.74) is 1.29. The molecule has 1 aromatic rings. The van der Waals surface area contributed by atoms with Gasteiger partial charge in [-0.2, -0.15) is 0 Å². The standard InChI is InChI=1S/C24H34N4O3/c1-15-12-17(15)24(31)28-10-5-4-8-20(28)22-25-19-9-11-27(14-18(19)23(30)26-22)21(29)13-16-6-2-3-7-16/h15-17,20H,2-14H2,1H3,(H,25,26,30)/t15-,17+,20+/m0/s1. The van der Waals surface area contributed by atoms with E-state index in [1.807, 2.05) is 9.80 Å². The highest BCUT2D eigenvalue weighted by Crippen LogP contribution is 2.42. The molecule has 2 amide bonds. The van der Waals surface area contributed by atoms with Gasteiger partial charge < -0.3 is 14.8 Å². The fourth-order valence-corrected chi connectivity index (χ4v) is 5.76. The van der Waals surface area contributed by atoms with Crippen LogP contribution in [0.25, 0.3) is 0 Å². The molecule has 7 nitrogen and oxygen atoms in total. The van der Waals surface area contributed by atoms with E-state index in [2.05, 4.69) is 11.9 Å². The minimum atomic E-state index is -0.142. The topological polar surface area (TPSA) is 86.4 Å². The van der Waals surface area contributed by atoms with Gasteiger partial charge in [-0.25, -0.2) is 4.98 Å². The highest BCUT2D eigenvalue weighted by molar-refractivity contribution is 5.82. The molecule has 3 fully saturated rings. The van der Waals surface area contributed by atoms with E-state index in [0.717, 1.165) is 50.8 Å². The fraction of sp³-hybridized carbons (Fsp3) is 0.750. The number of rotatable bonds is 4. The van der Waals surface area contributed by atoms with Gasteiger partial charge in [0.1, 0.15) is 5.82 Å². The number of piperidine rings is 1. The van der Waals surface area contributed by atoms with Crippen molar-refractivity contribution in [1.29, 1.82) is 0 Å². The number of hydrogen-bond acceptors (Lipinski definition) is 4. The van der Waals surface area contributed by atoms with Gasteiger partial charge in [-0.15, -0.1) is 0 Å². The Hall–Kier alpha value is -2.18. The molecular formula is C24H34N4O3. The smallest absolute Gasteiger partial charge is 0.256 e. The van der Waals surface area contributed by atoms with E-state index in [9.17, 15) is 14.4 Å². The van der Waals surface area contributed by atoms with Gasteiger partial charge in [0, 0.05) is 31.8 Å². The van der Waals surface area contributed by atoms with E-state index in [4.69, 9.17) is 4.98 Å². The molecule has 4 aliphatic rings. The van der Waals surface area contributed by atoms with Crippen LogP contribution in [-0.2, 0) is 22.6 Å². The van der Waals surface area contributed by atoms with E-state index >= 15 is 0 Å². The molecule has 7 heteroatoms. The number of H-pyrrole nitrogens is 1. The summed E-state index contributed by atoms with van der Waals surface area (Å²) < 4.78 is 0. The molecule has 168 valence electrons. The zero-order chi connectivity index (χ0) is 21.5. The third kappa shape index (κ3) is 4.15. The van der Waals surface area contributed by atoms with Crippen molar-refractivity contribution in [2.45, 2.75) is 83.7 Å². The lowest BCUT2D eigenvalue weighted by Gasteiger charge is -2.36. The number of aromatic amines is 1. The molecule has 1 N–H and O–H groups in total. The summed E-state index contributed by atoms with van der Waals surface area (Å²) in [6, 6.07) is -0.130. The SMILES string of the molecule is C[C@H]1C[C@H]1C(=O)N1CCCC[C@@H]1c1nc2c(c(=O)[nH]1)CN(C(=O)CC1CCCC1)CC2. The molecule has 0 aromatic carbocycles. The average molecular weight is 427 g/mol. The second-order valence-electron chi connectivity index (χ2n) is 10.2. The summed E-state index contributed by atoms with van der Waals surface area (Å²) in [6.07, 6.45) is 9.86. The van der Waals surface area contributed by atoms with Crippen molar-refractivity contribution >= 4 is 11.8 Å². The Kier molecular flexibility index (Phi) is 5.61. The van der Waals surface area contributed by atoms with E-state index in [0.29, 0.717) is 49.2 Å². The zero-order valence-corrected chi connectivity index (χ0v) is 18.6. The molecule has 0 bridgehead atoms. The number of hydrogen-bond donors (Lipinski definition) is 1. The normalized spacial score (nSPS) is 28.5. The lowest BCUT2D eigenvalue weighted by atomic mass is 9.99. The molecule has 2 saturated carbocycles. The first-order valence-electron chi connectivity index (χ1n) is 12.2. The monoisotopic (exact) mass is 426 g/mol. The van der Waals surface area contributed by atoms with Crippen molar-refractivity contribution < 1.29 is 9.59 Å². The van der Waals surface area contributed by atoms with Gasteiger partial charge >= 0.3 is 0 Å². The maximum absolute atomic E-state index is 13.0. The molecule has 0 unspecified atom stereocenters. The molecule has 3 atom stereocenters. The maximum Gasteiger partial charge on any atom is 0.256 e. The summed E-state index contributed by atoms with van der Waals surface area (Å²) in [6.45, 7) is 3.86. The van der Waals surface area contributed by atoms with E-state index in [1.54, 1.807) is 0 Å². The maximum atomic E-state index is 13.0. The first-order valence-corrected chi connectivity index (χ1v) is 12.2. The highest BCUT2D eigenvalue weighted by atomic mass is 16.2. The second kappa shape index (κ2) is 8.40. The number of carbonyl (C=O) groups excluding carboxylic acids is 2. The van der Waals surface area contributed by atoms with Crippen LogP contribution in [0.2, 0.25) is 0 Å². The van der Waals surface area contributed by atoms with Crippen molar-refractivity contribution in [3.8, 4) is 0 Å². The van der Waals surface area contributed by atoms with Gasteiger partial charge in [-0.3, -0.25) is 14.4 Å². The largest absolute Gasteiger partial charge is 0.338 e. The number of nitrogens with one attached hydrogen (secondary N) is 1. The third-order valence-electron chi connectivity index (χ3n) is 7.91.